The minimum atomic E-state index is -0.325. The second-order valence-corrected chi connectivity index (χ2v) is 6.79. The summed E-state index contributed by atoms with van der Waals surface area (Å²) in [6.07, 6.45) is 0.826. The van der Waals surface area contributed by atoms with Gasteiger partial charge in [-0.1, -0.05) is 54.6 Å². The molecular formula is C22H22N2O3. The van der Waals surface area contributed by atoms with Crippen LogP contribution in [0.15, 0.2) is 54.6 Å². The summed E-state index contributed by atoms with van der Waals surface area (Å²) in [6, 6.07) is 19.4. The van der Waals surface area contributed by atoms with Crippen LogP contribution in [0.4, 0.5) is 0 Å². The van der Waals surface area contributed by atoms with Gasteiger partial charge in [0.25, 0.3) is 0 Å². The molecule has 0 saturated carbocycles. The number of hydrogen-bond donors (Lipinski definition) is 0. The van der Waals surface area contributed by atoms with Crippen molar-refractivity contribution in [2.45, 2.75) is 25.8 Å². The van der Waals surface area contributed by atoms with Crippen molar-refractivity contribution in [1.82, 2.24) is 4.90 Å². The predicted molar refractivity (Wildman–Crippen MR) is 100 cm³/mol. The zero-order valence-corrected chi connectivity index (χ0v) is 15.1. The van der Waals surface area contributed by atoms with Crippen LogP contribution in [0, 0.1) is 17.2 Å². The van der Waals surface area contributed by atoms with Gasteiger partial charge in [-0.2, -0.15) is 5.26 Å². The van der Waals surface area contributed by atoms with Crippen molar-refractivity contribution in [2.75, 3.05) is 13.2 Å². The fraction of sp³-hybridized carbons (Fsp3) is 0.318. The van der Waals surface area contributed by atoms with Crippen LogP contribution in [-0.2, 0) is 33.7 Å². The summed E-state index contributed by atoms with van der Waals surface area (Å²) in [5.74, 6) is -0.201. The van der Waals surface area contributed by atoms with Crippen molar-refractivity contribution in [3.63, 3.8) is 0 Å². The summed E-state index contributed by atoms with van der Waals surface area (Å²) >= 11 is 0. The first-order chi connectivity index (χ1) is 13.2. The monoisotopic (exact) mass is 362 g/mol. The van der Waals surface area contributed by atoms with Crippen molar-refractivity contribution in [3.8, 4) is 6.07 Å². The van der Waals surface area contributed by atoms with E-state index in [-0.39, 0.29) is 37.2 Å². The van der Waals surface area contributed by atoms with Crippen LogP contribution in [0.25, 0.3) is 0 Å². The molecule has 0 spiro atoms. The quantitative estimate of drug-likeness (QED) is 0.710. The lowest BCUT2D eigenvalue weighted by Gasteiger charge is -2.17. The van der Waals surface area contributed by atoms with Crippen LogP contribution in [0.3, 0.4) is 0 Å². The van der Waals surface area contributed by atoms with Gasteiger partial charge in [0.1, 0.15) is 0 Å². The Morgan fingerprint density at radius 2 is 1.81 bits per heavy atom. The molecule has 0 N–H and O–H groups in total. The molecule has 1 saturated heterocycles. The van der Waals surface area contributed by atoms with Gasteiger partial charge in [-0.25, -0.2) is 0 Å². The average Bonchev–Trinajstić information content (AvgIpc) is 3.02. The molecule has 5 nitrogen and oxygen atoms in total. The Morgan fingerprint density at radius 3 is 2.56 bits per heavy atom. The molecular weight excluding hydrogens is 340 g/mol. The molecule has 1 atom stereocenters. The summed E-state index contributed by atoms with van der Waals surface area (Å²) in [4.78, 5) is 26.2. The van der Waals surface area contributed by atoms with E-state index in [1.54, 1.807) is 0 Å². The van der Waals surface area contributed by atoms with Gasteiger partial charge in [-0.15, -0.1) is 0 Å². The van der Waals surface area contributed by atoms with Gasteiger partial charge < -0.3 is 9.64 Å². The molecule has 2 aromatic rings. The molecule has 0 aromatic heterocycles. The number of esters is 1. The lowest BCUT2D eigenvalue weighted by atomic mass is 10.0. The molecule has 3 rings (SSSR count). The molecule has 1 heterocycles. The van der Waals surface area contributed by atoms with E-state index in [1.165, 1.54) is 0 Å². The van der Waals surface area contributed by atoms with Crippen LogP contribution in [0.5, 0.6) is 0 Å². The molecule has 5 heteroatoms. The van der Waals surface area contributed by atoms with Gasteiger partial charge in [0, 0.05) is 25.4 Å². The molecule has 138 valence electrons. The van der Waals surface area contributed by atoms with Crippen molar-refractivity contribution in [2.24, 2.45) is 5.92 Å². The highest BCUT2D eigenvalue weighted by Gasteiger charge is 2.30. The van der Waals surface area contributed by atoms with E-state index in [1.807, 2.05) is 59.5 Å². The van der Waals surface area contributed by atoms with Gasteiger partial charge in [-0.05, 0) is 16.7 Å². The Balaban J connectivity index is 1.48. The molecule has 1 fully saturated rings. The maximum Gasteiger partial charge on any atom is 0.310 e. The molecule has 1 aliphatic rings. The Labute approximate surface area is 159 Å². The van der Waals surface area contributed by atoms with E-state index in [4.69, 9.17) is 10.00 Å². The van der Waals surface area contributed by atoms with Crippen molar-refractivity contribution in [1.29, 1.82) is 5.26 Å². The maximum absolute atomic E-state index is 12.2. The Kier molecular flexibility index (Phi) is 6.22. The second kappa shape index (κ2) is 9.00. The minimum Gasteiger partial charge on any atom is -0.465 e. The highest BCUT2D eigenvalue weighted by atomic mass is 16.5. The molecule has 0 aliphatic carbocycles. The number of ether oxygens (including phenoxy) is 1. The normalized spacial score (nSPS) is 16.2. The number of benzene rings is 2. The first-order valence-corrected chi connectivity index (χ1v) is 9.06. The smallest absolute Gasteiger partial charge is 0.310 e. The van der Waals surface area contributed by atoms with Gasteiger partial charge in [0.2, 0.25) is 5.91 Å². The average molecular weight is 362 g/mol. The molecule has 2 aromatic carbocycles. The van der Waals surface area contributed by atoms with E-state index in [2.05, 4.69) is 6.07 Å². The van der Waals surface area contributed by atoms with E-state index in [0.29, 0.717) is 19.5 Å². The molecule has 27 heavy (non-hydrogen) atoms. The predicted octanol–water partition coefficient (Wildman–Crippen LogP) is 2.89. The number of likely N-dealkylation sites (tertiary alicyclic amines) is 1. The first-order valence-electron chi connectivity index (χ1n) is 9.06. The van der Waals surface area contributed by atoms with Crippen LogP contribution in [0.2, 0.25) is 0 Å². The van der Waals surface area contributed by atoms with Crippen LogP contribution >= 0.6 is 0 Å². The Bertz CT molecular complexity index is 842. The summed E-state index contributed by atoms with van der Waals surface area (Å²) in [5, 5.41) is 8.88. The highest BCUT2D eigenvalue weighted by Crippen LogP contribution is 2.21. The molecule has 1 amide bonds. The third-order valence-corrected chi connectivity index (χ3v) is 4.71. The summed E-state index contributed by atoms with van der Waals surface area (Å²) < 4.78 is 5.41. The van der Waals surface area contributed by atoms with E-state index in [9.17, 15) is 9.59 Å². The lowest BCUT2D eigenvalue weighted by molar-refractivity contribution is -0.144. The zero-order valence-electron chi connectivity index (χ0n) is 15.1. The third kappa shape index (κ3) is 5.18. The molecule has 1 aliphatic heterocycles. The number of amides is 1. The molecule has 0 bridgehead atoms. The van der Waals surface area contributed by atoms with Crippen molar-refractivity contribution in [3.05, 3.63) is 71.3 Å². The van der Waals surface area contributed by atoms with Crippen LogP contribution < -0.4 is 0 Å². The second-order valence-electron chi connectivity index (χ2n) is 6.79. The summed E-state index contributed by atoms with van der Waals surface area (Å²) in [5.41, 5.74) is 2.76. The summed E-state index contributed by atoms with van der Waals surface area (Å²) in [6.45, 7) is 1.44. The number of hydrogen-bond acceptors (Lipinski definition) is 4. The fourth-order valence-corrected chi connectivity index (χ4v) is 3.33. The number of nitriles is 1. The number of carbonyl (C=O) groups excluding carboxylic acids is 2. The van der Waals surface area contributed by atoms with E-state index in [0.717, 1.165) is 16.7 Å². The number of nitrogens with zero attached hydrogens (tertiary/aromatic N) is 2. The zero-order chi connectivity index (χ0) is 19.1. The minimum absolute atomic E-state index is 0.0273. The van der Waals surface area contributed by atoms with Crippen molar-refractivity contribution >= 4 is 11.9 Å². The largest absolute Gasteiger partial charge is 0.465 e. The van der Waals surface area contributed by atoms with Crippen molar-refractivity contribution < 1.29 is 14.3 Å². The first kappa shape index (κ1) is 18.7. The SMILES string of the molecule is N#CCc1ccccc1CC(=O)OC[C@H]1CC(=O)N(Cc2ccccc2)C1. The highest BCUT2D eigenvalue weighted by molar-refractivity contribution is 5.79. The van der Waals surface area contributed by atoms with Gasteiger partial charge >= 0.3 is 5.97 Å². The maximum atomic E-state index is 12.2. The lowest BCUT2D eigenvalue weighted by Crippen LogP contribution is -2.25. The van der Waals surface area contributed by atoms with E-state index >= 15 is 0 Å². The van der Waals surface area contributed by atoms with E-state index < -0.39 is 0 Å². The van der Waals surface area contributed by atoms with Gasteiger partial charge in [-0.3, -0.25) is 9.59 Å². The standard InChI is InChI=1S/C22H22N2O3/c23-11-10-19-8-4-5-9-20(19)13-22(26)27-16-18-12-21(25)24(15-18)14-17-6-2-1-3-7-17/h1-9,18H,10,12-16H2/t18-/m0/s1. The molecule has 0 unspecified atom stereocenters. The summed E-state index contributed by atoms with van der Waals surface area (Å²) in [7, 11) is 0. The topological polar surface area (TPSA) is 70.4 Å². The number of rotatable bonds is 7. The van der Waals surface area contributed by atoms with Crippen LogP contribution in [-0.4, -0.2) is 29.9 Å². The van der Waals surface area contributed by atoms with Gasteiger partial charge in [0.15, 0.2) is 0 Å². The Hall–Kier alpha value is -3.13. The molecule has 0 radical (unpaired) electrons. The Morgan fingerprint density at radius 1 is 1.11 bits per heavy atom. The number of carbonyl (C=O) groups is 2. The third-order valence-electron chi connectivity index (χ3n) is 4.71. The fourth-order valence-electron chi connectivity index (χ4n) is 3.33. The van der Waals surface area contributed by atoms with Crippen LogP contribution in [0.1, 0.15) is 23.1 Å². The van der Waals surface area contributed by atoms with Gasteiger partial charge in [0.05, 0.1) is 25.5 Å².